The number of rotatable bonds is 68. The molecule has 132 heavy (non-hydrogen) atoms. The molecule has 0 bridgehead atoms. The van der Waals surface area contributed by atoms with Crippen molar-refractivity contribution in [2.24, 2.45) is 11.8 Å². The fourth-order valence-corrected chi connectivity index (χ4v) is 18.3. The third kappa shape index (κ3) is 47.4. The van der Waals surface area contributed by atoms with Gasteiger partial charge in [-0.05, 0) is 108 Å². The molecule has 3 saturated heterocycles. The largest absolute Gasteiger partial charge is 0.472 e. The molecule has 3 aliphatic heterocycles. The molecular formula is C87H159N9O34P2. The Morgan fingerprint density at radius 2 is 0.621 bits per heavy atom. The van der Waals surface area contributed by atoms with Crippen LogP contribution in [0.4, 0.5) is 0 Å². The third-order valence-electron chi connectivity index (χ3n) is 24.3. The third-order valence-corrected chi connectivity index (χ3v) is 26.3. The molecule has 0 spiro atoms. The van der Waals surface area contributed by atoms with E-state index >= 15 is 0 Å². The number of hydrogen-bond acceptors (Lipinski definition) is 32. The highest BCUT2D eigenvalue weighted by molar-refractivity contribution is 7.47. The van der Waals surface area contributed by atoms with Gasteiger partial charge in [-0.25, -0.2) is 9.13 Å². The van der Waals surface area contributed by atoms with Crippen LogP contribution in [-0.4, -0.2) is 365 Å². The van der Waals surface area contributed by atoms with Crippen molar-refractivity contribution < 1.29 is 164 Å². The van der Waals surface area contributed by atoms with E-state index in [1.807, 2.05) is 0 Å². The minimum atomic E-state index is -4.88. The van der Waals surface area contributed by atoms with Crippen LogP contribution in [0.2, 0.25) is 0 Å². The van der Waals surface area contributed by atoms with Gasteiger partial charge in [0.2, 0.25) is 53.2 Å². The summed E-state index contributed by atoms with van der Waals surface area (Å²) in [5.74, 6) is -1.71. The van der Waals surface area contributed by atoms with Gasteiger partial charge >= 0.3 is 15.6 Å². The van der Waals surface area contributed by atoms with Gasteiger partial charge in [0.1, 0.15) is 73.1 Å². The number of carbonyl (C=O) groups excluding carboxylic acids is 9. The highest BCUT2D eigenvalue weighted by Gasteiger charge is 2.48. The van der Waals surface area contributed by atoms with Crippen LogP contribution in [0.3, 0.4) is 0 Å². The lowest BCUT2D eigenvalue weighted by Gasteiger charge is -2.42. The average molecular weight is 1940 g/mol. The second-order valence-electron chi connectivity index (χ2n) is 34.8. The maximum absolute atomic E-state index is 14.0. The predicted octanol–water partition coefficient (Wildman–Crippen LogP) is 1.65. The number of phosphoric ester groups is 2. The van der Waals surface area contributed by atoms with Crippen LogP contribution in [0.1, 0.15) is 252 Å². The molecule has 0 aromatic carbocycles. The van der Waals surface area contributed by atoms with Gasteiger partial charge in [-0.2, -0.15) is 0 Å². The van der Waals surface area contributed by atoms with Crippen molar-refractivity contribution in [1.82, 2.24) is 46.6 Å². The molecule has 2 saturated carbocycles. The van der Waals surface area contributed by atoms with E-state index in [1.165, 1.54) is 86.8 Å². The Kier molecular flexibility index (Phi) is 59.6. The number of amides is 9. The number of phosphoric acid groups is 2. The Morgan fingerprint density at radius 3 is 0.947 bits per heavy atom. The van der Waals surface area contributed by atoms with Gasteiger partial charge in [0, 0.05) is 138 Å². The molecular weight excluding hydrogens is 1780 g/mol. The summed E-state index contributed by atoms with van der Waals surface area (Å²) in [6, 6.07) is -3.21. The molecule has 18 N–H and O–H groups in total. The van der Waals surface area contributed by atoms with Gasteiger partial charge in [0.15, 0.2) is 18.9 Å². The normalized spacial score (nSPS) is 25.8. The van der Waals surface area contributed by atoms with E-state index in [2.05, 4.69) is 31.9 Å². The minimum absolute atomic E-state index is 0.0152. The zero-order valence-corrected chi connectivity index (χ0v) is 79.6. The van der Waals surface area contributed by atoms with E-state index in [1.54, 1.807) is 0 Å². The highest BCUT2D eigenvalue weighted by atomic mass is 31.2. The number of unbranched alkanes of at least 4 members (excludes halogenated alkanes) is 12. The van der Waals surface area contributed by atoms with E-state index in [0.717, 1.165) is 31.6 Å². The molecule has 19 unspecified atom stereocenters. The highest BCUT2D eigenvalue weighted by Crippen LogP contribution is 2.44. The van der Waals surface area contributed by atoms with Crippen LogP contribution in [0, 0.1) is 11.8 Å². The predicted molar refractivity (Wildman–Crippen MR) is 476 cm³/mol. The van der Waals surface area contributed by atoms with Gasteiger partial charge in [0.25, 0.3) is 0 Å². The minimum Gasteiger partial charge on any atom is -0.395 e. The summed E-state index contributed by atoms with van der Waals surface area (Å²) < 4.78 is 88.7. The van der Waals surface area contributed by atoms with Crippen molar-refractivity contribution in [2.75, 3.05) is 138 Å². The Labute approximate surface area is 776 Å². The summed E-state index contributed by atoms with van der Waals surface area (Å²) in [6.07, 6.45) is 8.77. The van der Waals surface area contributed by atoms with Crippen LogP contribution in [0.25, 0.3) is 0 Å². The molecule has 766 valence electrons. The first-order valence-electron chi connectivity index (χ1n) is 47.9. The second kappa shape index (κ2) is 67.1. The maximum Gasteiger partial charge on any atom is 0.472 e. The van der Waals surface area contributed by atoms with Crippen LogP contribution in [0.5, 0.6) is 0 Å². The molecule has 2 aliphatic carbocycles. The van der Waals surface area contributed by atoms with Crippen LogP contribution in [-0.2, 0) is 104 Å². The van der Waals surface area contributed by atoms with Gasteiger partial charge in [0.05, 0.1) is 65.6 Å². The van der Waals surface area contributed by atoms with Crippen LogP contribution in [0.15, 0.2) is 0 Å². The van der Waals surface area contributed by atoms with Crippen molar-refractivity contribution in [3.63, 3.8) is 0 Å². The van der Waals surface area contributed by atoms with Crippen molar-refractivity contribution in [1.29, 1.82) is 0 Å². The average Bonchev–Trinajstić information content (AvgIpc) is 0.816. The van der Waals surface area contributed by atoms with E-state index in [4.69, 9.17) is 51.3 Å². The van der Waals surface area contributed by atoms with Gasteiger partial charge in [-0.1, -0.05) is 96.3 Å². The van der Waals surface area contributed by atoms with Crippen molar-refractivity contribution in [2.45, 2.75) is 350 Å². The van der Waals surface area contributed by atoms with Crippen molar-refractivity contribution in [3.8, 4) is 0 Å². The number of hydrogen-bond donors (Lipinski definition) is 18. The molecule has 5 aliphatic rings. The molecule has 43 nitrogen and oxygen atoms in total. The van der Waals surface area contributed by atoms with Crippen LogP contribution >= 0.6 is 15.6 Å². The first-order valence-corrected chi connectivity index (χ1v) is 50.9. The molecule has 9 amide bonds. The molecule has 0 aromatic heterocycles. The first kappa shape index (κ1) is 117. The maximum atomic E-state index is 14.0. The Hall–Kier alpha value is -5.23. The number of ether oxygens (including phenoxy) is 7. The Balaban J connectivity index is 1.08. The summed E-state index contributed by atoms with van der Waals surface area (Å²) in [5.41, 5.74) is 0. The SMILES string of the molecule is CC(=O)NC1C(OCCCCCC(=O)NCCCCCC(=O)N(CCO)CCOP(=O)(O)OCCN(CCOP(=O)(O)OCCN(CCOC2CCCC(C3CCCCCCC3)CC2)C(=O)CCCCCNC(=O)CCCCCOC2OC(CO)C(O)C(O)C2NC(C)=O)C(=O)CCCCCNC(=O)CCCCCOC2OC(CO)C(O)C(O)C2NC(C)=O)OC(CO)C(O)C1O. The van der Waals surface area contributed by atoms with Crippen molar-refractivity contribution >= 4 is 68.8 Å². The number of aliphatic hydroxyl groups excluding tert-OH is 10. The number of nitrogens with one attached hydrogen (secondary N) is 6. The summed E-state index contributed by atoms with van der Waals surface area (Å²) in [6.45, 7) is 0.236. The van der Waals surface area contributed by atoms with Gasteiger partial charge in [-0.3, -0.25) is 61.2 Å². The topological polar surface area (TPSA) is 614 Å². The van der Waals surface area contributed by atoms with Gasteiger partial charge in [-0.15, -0.1) is 0 Å². The van der Waals surface area contributed by atoms with Gasteiger partial charge < -0.3 is 141 Å². The standard InChI is InChI=1S/C87H159N9O34P2/c1-61(101)91-76-82(113)79(110)67(58-98)128-85(76)121-50-24-10-15-32-70(104)88-40-21-7-18-35-73(107)94(43-49-97)45-54-124-131(116,117)126-56-47-96(75(109)37-20-9-23-42-90-72(106)34-17-12-26-52-123-87-78(93-63(3)103)84(115)81(112)69(60-100)130-87)48-57-127-132(118,119)125-55-46-95(44-53-120-66-31-27-30-65(38-39-66)64-28-13-5-4-6-14-29-64)74(108)36-19-8-22-41-89-71(105)33-16-11-25-51-122-86-77(92-62(2)102)83(114)80(111)68(59-99)129-86/h64-69,76-87,97-100,110-115H,4-60H2,1-3H3,(H,88,104)(H,89,105)(H,90,106)(H,91,101)(H,92,102)(H,93,103)(H,116,117)(H,118,119). The number of nitrogens with zero attached hydrogens (tertiary/aromatic N) is 3. The molecule has 5 rings (SSSR count). The molecule has 0 radical (unpaired) electrons. The molecule has 45 heteroatoms. The Morgan fingerprint density at radius 1 is 0.326 bits per heavy atom. The zero-order valence-electron chi connectivity index (χ0n) is 77.8. The summed E-state index contributed by atoms with van der Waals surface area (Å²) in [4.78, 5) is 140. The molecule has 3 heterocycles. The second-order valence-corrected chi connectivity index (χ2v) is 37.7. The first-order chi connectivity index (χ1) is 63.3. The Bertz CT molecular complexity index is 3370. The molecule has 0 aromatic rings. The fourth-order valence-electron chi connectivity index (χ4n) is 16.9. The summed E-state index contributed by atoms with van der Waals surface area (Å²) in [5, 5.41) is 117. The van der Waals surface area contributed by atoms with Crippen molar-refractivity contribution in [3.05, 3.63) is 0 Å². The lowest BCUT2D eigenvalue weighted by molar-refractivity contribution is -0.270. The molecule has 5 fully saturated rings. The lowest BCUT2D eigenvalue weighted by atomic mass is 9.78. The lowest BCUT2D eigenvalue weighted by Crippen LogP contribution is -2.64. The van der Waals surface area contributed by atoms with E-state index in [9.17, 15) is 113 Å². The molecule has 19 atom stereocenters. The van der Waals surface area contributed by atoms with E-state index < -0.39 is 184 Å². The zero-order chi connectivity index (χ0) is 96.6. The number of aliphatic hydroxyl groups is 10. The number of carbonyl (C=O) groups is 9. The monoisotopic (exact) mass is 1940 g/mol. The quantitative estimate of drug-likeness (QED) is 0.0234. The van der Waals surface area contributed by atoms with Crippen LogP contribution < -0.4 is 31.9 Å². The summed E-state index contributed by atoms with van der Waals surface area (Å²) in [7, 11) is -9.75. The smallest absolute Gasteiger partial charge is 0.395 e. The fraction of sp³-hybridized carbons (Fsp3) is 0.897. The summed E-state index contributed by atoms with van der Waals surface area (Å²) >= 11 is 0. The van der Waals surface area contributed by atoms with E-state index in [-0.39, 0.29) is 146 Å². The van der Waals surface area contributed by atoms with E-state index in [0.29, 0.717) is 135 Å².